The van der Waals surface area contributed by atoms with E-state index in [-0.39, 0.29) is 5.82 Å². The lowest BCUT2D eigenvalue weighted by atomic mass is 10.1. The molecule has 2 N–H and O–H groups in total. The molecule has 0 saturated heterocycles. The summed E-state index contributed by atoms with van der Waals surface area (Å²) in [6, 6.07) is 6.86. The number of H-pyrrole nitrogens is 2. The smallest absolute Gasteiger partial charge is 0.322 e. The number of hydrogen-bond acceptors (Lipinski definition) is 2. The third kappa shape index (κ3) is 1.43. The SMILES string of the molecule is O=[N+]([O-])c1cc2c(ccc3c(Cl)cc[nH+]c32)[nH]1. The molecule has 0 fully saturated rings. The van der Waals surface area contributed by atoms with Gasteiger partial charge < -0.3 is 10.1 Å². The number of rotatable bonds is 1. The van der Waals surface area contributed by atoms with Gasteiger partial charge in [-0.25, -0.2) is 9.97 Å². The van der Waals surface area contributed by atoms with Crippen molar-refractivity contribution in [2.45, 2.75) is 0 Å². The minimum absolute atomic E-state index is 0.0270. The normalized spacial score (nSPS) is 11.1. The Labute approximate surface area is 100 Å². The number of fused-ring (bicyclic) bond motifs is 3. The van der Waals surface area contributed by atoms with E-state index >= 15 is 0 Å². The Bertz CT molecular complexity index is 751. The molecule has 84 valence electrons. The molecular weight excluding hydrogens is 242 g/mol. The first kappa shape index (κ1) is 10.0. The summed E-state index contributed by atoms with van der Waals surface area (Å²) in [5.41, 5.74) is 1.50. The minimum Gasteiger partial charge on any atom is -0.358 e. The van der Waals surface area contributed by atoms with Crippen molar-refractivity contribution < 1.29 is 9.91 Å². The fraction of sp³-hybridized carbons (Fsp3) is 0. The van der Waals surface area contributed by atoms with E-state index in [1.54, 1.807) is 18.3 Å². The number of nitrogens with one attached hydrogen (secondary N) is 2. The Morgan fingerprint density at radius 1 is 1.29 bits per heavy atom. The quantitative estimate of drug-likeness (QED) is 0.531. The fourth-order valence-electron chi connectivity index (χ4n) is 1.93. The lowest BCUT2D eigenvalue weighted by Crippen LogP contribution is -2.01. The predicted octanol–water partition coefficient (Wildman–Crippen LogP) is 2.70. The maximum absolute atomic E-state index is 10.7. The monoisotopic (exact) mass is 248 g/mol. The Kier molecular flexibility index (Phi) is 2.02. The maximum atomic E-state index is 10.7. The van der Waals surface area contributed by atoms with Crippen LogP contribution in [0.4, 0.5) is 5.82 Å². The molecule has 0 aliphatic heterocycles. The van der Waals surface area contributed by atoms with Crippen LogP contribution in [0.1, 0.15) is 0 Å². The third-order valence-corrected chi connectivity index (χ3v) is 3.03. The summed E-state index contributed by atoms with van der Waals surface area (Å²) in [6.45, 7) is 0. The van der Waals surface area contributed by atoms with Crippen LogP contribution in [-0.2, 0) is 0 Å². The maximum Gasteiger partial charge on any atom is 0.322 e. The minimum atomic E-state index is -0.448. The van der Waals surface area contributed by atoms with Crippen LogP contribution in [0, 0.1) is 10.1 Å². The van der Waals surface area contributed by atoms with Crippen LogP contribution < -0.4 is 4.98 Å². The summed E-state index contributed by atoms with van der Waals surface area (Å²) in [6.07, 6.45) is 1.71. The zero-order valence-electron chi connectivity index (χ0n) is 8.53. The third-order valence-electron chi connectivity index (χ3n) is 2.70. The van der Waals surface area contributed by atoms with E-state index in [2.05, 4.69) is 9.97 Å². The molecule has 3 aromatic rings. The number of hydrogen-bond donors (Lipinski definition) is 1. The lowest BCUT2D eigenvalue weighted by Gasteiger charge is -1.93. The van der Waals surface area contributed by atoms with Crippen LogP contribution >= 0.6 is 11.6 Å². The summed E-state index contributed by atoms with van der Waals surface area (Å²) in [5, 5.41) is 12.9. The highest BCUT2D eigenvalue weighted by Gasteiger charge is 2.16. The first-order valence-electron chi connectivity index (χ1n) is 4.93. The zero-order valence-corrected chi connectivity index (χ0v) is 9.28. The average Bonchev–Trinajstić information content (AvgIpc) is 2.73. The van der Waals surface area contributed by atoms with Crippen molar-refractivity contribution in [3.63, 3.8) is 0 Å². The molecule has 2 heterocycles. The zero-order chi connectivity index (χ0) is 12.0. The Balaban J connectivity index is 2.47. The van der Waals surface area contributed by atoms with E-state index < -0.39 is 4.92 Å². The number of benzene rings is 1. The van der Waals surface area contributed by atoms with E-state index in [1.807, 2.05) is 6.07 Å². The predicted molar refractivity (Wildman–Crippen MR) is 64.0 cm³/mol. The van der Waals surface area contributed by atoms with Crippen LogP contribution in [0.15, 0.2) is 30.5 Å². The molecule has 0 aliphatic carbocycles. The fourth-order valence-corrected chi connectivity index (χ4v) is 2.15. The van der Waals surface area contributed by atoms with Gasteiger partial charge in [0.2, 0.25) is 5.52 Å². The number of nitrogens with zero attached hydrogens (tertiary/aromatic N) is 1. The Morgan fingerprint density at radius 3 is 2.88 bits per heavy atom. The molecular formula is C11H7ClN3O2+. The summed E-state index contributed by atoms with van der Waals surface area (Å²) in [4.78, 5) is 16.1. The van der Waals surface area contributed by atoms with E-state index in [0.717, 1.165) is 16.3 Å². The first-order valence-corrected chi connectivity index (χ1v) is 5.30. The van der Waals surface area contributed by atoms with Gasteiger partial charge in [-0.1, -0.05) is 11.6 Å². The molecule has 0 amide bonds. The van der Waals surface area contributed by atoms with E-state index in [9.17, 15) is 10.1 Å². The molecule has 0 unspecified atom stereocenters. The second-order valence-electron chi connectivity index (χ2n) is 3.69. The molecule has 0 saturated carbocycles. The standard InChI is InChI=1S/C11H6ClN3O2/c12-8-3-4-13-11-6(8)1-2-9-7(11)5-10(14-9)15(16)17/h1-5,14H/p+1. The van der Waals surface area contributed by atoms with E-state index in [4.69, 9.17) is 11.6 Å². The lowest BCUT2D eigenvalue weighted by molar-refractivity contribution is -0.389. The second-order valence-corrected chi connectivity index (χ2v) is 4.09. The first-order chi connectivity index (χ1) is 8.16. The number of halogens is 1. The number of nitro groups is 1. The molecule has 0 bridgehead atoms. The molecule has 0 aliphatic rings. The highest BCUT2D eigenvalue weighted by Crippen LogP contribution is 2.29. The topological polar surface area (TPSA) is 73.1 Å². The van der Waals surface area contributed by atoms with Crippen molar-refractivity contribution in [2.24, 2.45) is 0 Å². The van der Waals surface area contributed by atoms with Gasteiger partial charge in [0.05, 0.1) is 10.4 Å². The van der Waals surface area contributed by atoms with Crippen molar-refractivity contribution in [2.75, 3.05) is 0 Å². The average molecular weight is 249 g/mol. The van der Waals surface area contributed by atoms with Gasteiger partial charge in [-0.3, -0.25) is 0 Å². The second kappa shape index (κ2) is 3.43. The van der Waals surface area contributed by atoms with Gasteiger partial charge in [0.1, 0.15) is 10.9 Å². The van der Waals surface area contributed by atoms with Crippen molar-refractivity contribution >= 4 is 39.2 Å². The highest BCUT2D eigenvalue weighted by molar-refractivity contribution is 6.35. The van der Waals surface area contributed by atoms with Gasteiger partial charge in [-0.2, -0.15) is 0 Å². The molecule has 1 aromatic carbocycles. The van der Waals surface area contributed by atoms with E-state index in [1.165, 1.54) is 6.07 Å². The molecule has 2 aromatic heterocycles. The number of aromatic nitrogens is 2. The molecule has 0 spiro atoms. The van der Waals surface area contributed by atoms with Crippen LogP contribution in [0.25, 0.3) is 21.8 Å². The Hall–Kier alpha value is -2.14. The van der Waals surface area contributed by atoms with Crippen LogP contribution in [0.3, 0.4) is 0 Å². The summed E-state index contributed by atoms with van der Waals surface area (Å²) >= 11 is 6.06. The number of aromatic amines is 2. The summed E-state index contributed by atoms with van der Waals surface area (Å²) < 4.78 is 0. The molecule has 0 atom stereocenters. The molecule has 3 rings (SSSR count). The van der Waals surface area contributed by atoms with Crippen molar-refractivity contribution in [3.05, 3.63) is 45.6 Å². The van der Waals surface area contributed by atoms with Gasteiger partial charge in [-0.05, 0) is 17.1 Å². The molecule has 0 radical (unpaired) electrons. The van der Waals surface area contributed by atoms with Crippen LogP contribution in [0.2, 0.25) is 5.02 Å². The van der Waals surface area contributed by atoms with E-state index in [0.29, 0.717) is 10.5 Å². The molecule has 6 heteroatoms. The van der Waals surface area contributed by atoms with Crippen molar-refractivity contribution in [3.8, 4) is 0 Å². The van der Waals surface area contributed by atoms with Gasteiger partial charge >= 0.3 is 5.82 Å². The van der Waals surface area contributed by atoms with Crippen LogP contribution in [-0.4, -0.2) is 9.91 Å². The van der Waals surface area contributed by atoms with Gasteiger partial charge in [-0.15, -0.1) is 0 Å². The van der Waals surface area contributed by atoms with Gasteiger partial charge in [0, 0.05) is 12.1 Å². The Morgan fingerprint density at radius 2 is 2.12 bits per heavy atom. The van der Waals surface area contributed by atoms with Crippen molar-refractivity contribution in [1.29, 1.82) is 0 Å². The highest BCUT2D eigenvalue weighted by atomic mass is 35.5. The number of pyridine rings is 1. The van der Waals surface area contributed by atoms with Crippen molar-refractivity contribution in [1.82, 2.24) is 4.98 Å². The molecule has 5 nitrogen and oxygen atoms in total. The summed E-state index contributed by atoms with van der Waals surface area (Å²) in [7, 11) is 0. The summed E-state index contributed by atoms with van der Waals surface area (Å²) in [5.74, 6) is -0.0270. The van der Waals surface area contributed by atoms with Gasteiger partial charge in [0.15, 0.2) is 6.20 Å². The molecule has 17 heavy (non-hydrogen) atoms. The largest absolute Gasteiger partial charge is 0.358 e. The van der Waals surface area contributed by atoms with Gasteiger partial charge in [0.25, 0.3) is 0 Å². The van der Waals surface area contributed by atoms with Crippen LogP contribution in [0.5, 0.6) is 0 Å².